The van der Waals surface area contributed by atoms with E-state index in [4.69, 9.17) is 9.84 Å². The van der Waals surface area contributed by atoms with Gasteiger partial charge in [0.2, 0.25) is 0 Å². The van der Waals surface area contributed by atoms with Gasteiger partial charge in [-0.2, -0.15) is 0 Å². The first-order chi connectivity index (χ1) is 9.70. The molecule has 0 saturated carbocycles. The highest BCUT2D eigenvalue weighted by atomic mass is 16.6. The molecular weight excluding hydrogens is 254 g/mol. The first-order valence-electron chi connectivity index (χ1n) is 6.97. The lowest BCUT2D eigenvalue weighted by atomic mass is 9.98. The SMILES string of the molecule is CC1C/C(=C/CO)CCN1C(=O)OCc1ccccc1. The Kier molecular flexibility index (Phi) is 5.18. The summed E-state index contributed by atoms with van der Waals surface area (Å²) in [7, 11) is 0. The Labute approximate surface area is 119 Å². The van der Waals surface area contributed by atoms with Crippen LogP contribution in [-0.4, -0.2) is 35.3 Å². The summed E-state index contributed by atoms with van der Waals surface area (Å²) in [4.78, 5) is 13.8. The lowest BCUT2D eigenvalue weighted by Gasteiger charge is -2.34. The molecule has 1 amide bonds. The van der Waals surface area contributed by atoms with E-state index in [0.717, 1.165) is 18.4 Å². The molecular formula is C16H21NO3. The maximum absolute atomic E-state index is 12.1. The van der Waals surface area contributed by atoms with Crippen molar-refractivity contribution in [2.45, 2.75) is 32.4 Å². The molecule has 108 valence electrons. The molecule has 1 N–H and O–H groups in total. The van der Waals surface area contributed by atoms with Crippen molar-refractivity contribution in [3.8, 4) is 0 Å². The lowest BCUT2D eigenvalue weighted by Crippen LogP contribution is -2.43. The number of amides is 1. The standard InChI is InChI=1S/C16H21NO3/c1-13-11-14(8-10-18)7-9-17(13)16(19)20-12-15-5-3-2-4-6-15/h2-6,8,13,18H,7,9-12H2,1H3/b14-8+. The third-order valence-electron chi connectivity index (χ3n) is 3.58. The highest BCUT2D eigenvalue weighted by molar-refractivity contribution is 5.68. The van der Waals surface area contributed by atoms with E-state index in [-0.39, 0.29) is 18.7 Å². The second kappa shape index (κ2) is 7.10. The van der Waals surface area contributed by atoms with Crippen molar-refractivity contribution in [1.29, 1.82) is 0 Å². The molecule has 1 fully saturated rings. The van der Waals surface area contributed by atoms with Gasteiger partial charge in [0.1, 0.15) is 6.61 Å². The van der Waals surface area contributed by atoms with E-state index >= 15 is 0 Å². The summed E-state index contributed by atoms with van der Waals surface area (Å²) < 4.78 is 5.35. The number of carbonyl (C=O) groups excluding carboxylic acids is 1. The topological polar surface area (TPSA) is 49.8 Å². The van der Waals surface area contributed by atoms with E-state index in [9.17, 15) is 4.79 Å². The molecule has 0 aromatic heterocycles. The Balaban J connectivity index is 1.86. The van der Waals surface area contributed by atoms with Gasteiger partial charge in [0, 0.05) is 12.6 Å². The molecule has 1 heterocycles. The quantitative estimate of drug-likeness (QED) is 0.863. The van der Waals surface area contributed by atoms with Crippen LogP contribution < -0.4 is 0 Å². The molecule has 4 nitrogen and oxygen atoms in total. The maximum Gasteiger partial charge on any atom is 0.410 e. The number of ether oxygens (including phenoxy) is 1. The molecule has 1 aliphatic rings. The van der Waals surface area contributed by atoms with Gasteiger partial charge in [-0.25, -0.2) is 4.79 Å². The van der Waals surface area contributed by atoms with Gasteiger partial charge in [-0.05, 0) is 25.3 Å². The molecule has 1 aromatic carbocycles. The van der Waals surface area contributed by atoms with Crippen LogP contribution in [0.2, 0.25) is 0 Å². The maximum atomic E-state index is 12.1. The van der Waals surface area contributed by atoms with Crippen molar-refractivity contribution in [2.75, 3.05) is 13.2 Å². The minimum Gasteiger partial charge on any atom is -0.445 e. The molecule has 0 radical (unpaired) electrons. The highest BCUT2D eigenvalue weighted by Crippen LogP contribution is 2.22. The molecule has 1 saturated heterocycles. The minimum atomic E-state index is -0.260. The van der Waals surface area contributed by atoms with Crippen molar-refractivity contribution in [1.82, 2.24) is 4.90 Å². The van der Waals surface area contributed by atoms with Crippen LogP contribution in [0.4, 0.5) is 4.79 Å². The fourth-order valence-corrected chi connectivity index (χ4v) is 2.46. The van der Waals surface area contributed by atoms with Crippen LogP contribution >= 0.6 is 0 Å². The van der Waals surface area contributed by atoms with Gasteiger partial charge in [-0.3, -0.25) is 0 Å². The summed E-state index contributed by atoms with van der Waals surface area (Å²) in [5, 5.41) is 8.91. The number of benzene rings is 1. The van der Waals surface area contributed by atoms with Crippen LogP contribution in [0.3, 0.4) is 0 Å². The van der Waals surface area contributed by atoms with E-state index in [2.05, 4.69) is 0 Å². The molecule has 0 bridgehead atoms. The van der Waals surface area contributed by atoms with Crippen molar-refractivity contribution in [2.24, 2.45) is 0 Å². The summed E-state index contributed by atoms with van der Waals surface area (Å²) in [6, 6.07) is 9.79. The van der Waals surface area contributed by atoms with Gasteiger partial charge in [-0.1, -0.05) is 42.0 Å². The Morgan fingerprint density at radius 3 is 2.85 bits per heavy atom. The molecule has 2 rings (SSSR count). The zero-order chi connectivity index (χ0) is 14.4. The number of likely N-dealkylation sites (tertiary alicyclic amines) is 1. The van der Waals surface area contributed by atoms with Crippen LogP contribution in [0.5, 0.6) is 0 Å². The van der Waals surface area contributed by atoms with E-state index < -0.39 is 0 Å². The largest absolute Gasteiger partial charge is 0.445 e. The number of carbonyl (C=O) groups is 1. The molecule has 0 spiro atoms. The average Bonchev–Trinajstić information content (AvgIpc) is 2.46. The Hall–Kier alpha value is -1.81. The van der Waals surface area contributed by atoms with Crippen molar-refractivity contribution < 1.29 is 14.6 Å². The number of hydrogen-bond acceptors (Lipinski definition) is 3. The lowest BCUT2D eigenvalue weighted by molar-refractivity contribution is 0.0783. The molecule has 1 atom stereocenters. The van der Waals surface area contributed by atoms with Crippen LogP contribution in [-0.2, 0) is 11.3 Å². The Bertz CT molecular complexity index is 470. The van der Waals surface area contributed by atoms with Gasteiger partial charge in [0.05, 0.1) is 6.61 Å². The molecule has 1 aromatic rings. The van der Waals surface area contributed by atoms with E-state index in [1.165, 1.54) is 5.57 Å². The number of rotatable bonds is 3. The zero-order valence-electron chi connectivity index (χ0n) is 11.8. The highest BCUT2D eigenvalue weighted by Gasteiger charge is 2.26. The summed E-state index contributed by atoms with van der Waals surface area (Å²) >= 11 is 0. The normalized spacial score (nSPS) is 21.0. The zero-order valence-corrected chi connectivity index (χ0v) is 11.8. The van der Waals surface area contributed by atoms with E-state index in [0.29, 0.717) is 13.2 Å². The Morgan fingerprint density at radius 2 is 2.20 bits per heavy atom. The molecule has 0 aliphatic carbocycles. The average molecular weight is 275 g/mol. The van der Waals surface area contributed by atoms with Crippen molar-refractivity contribution in [3.63, 3.8) is 0 Å². The fraction of sp³-hybridized carbons (Fsp3) is 0.438. The Morgan fingerprint density at radius 1 is 1.45 bits per heavy atom. The molecule has 1 aliphatic heterocycles. The predicted octanol–water partition coefficient (Wildman–Crippen LogP) is 2.73. The third kappa shape index (κ3) is 3.84. The summed E-state index contributed by atoms with van der Waals surface area (Å²) in [6.07, 6.45) is 3.19. The van der Waals surface area contributed by atoms with Crippen molar-refractivity contribution in [3.05, 3.63) is 47.5 Å². The van der Waals surface area contributed by atoms with Crippen LogP contribution in [0.25, 0.3) is 0 Å². The summed E-state index contributed by atoms with van der Waals surface area (Å²) in [6.45, 7) is 3.04. The van der Waals surface area contributed by atoms with Crippen LogP contribution in [0.15, 0.2) is 42.0 Å². The van der Waals surface area contributed by atoms with Gasteiger partial charge in [-0.15, -0.1) is 0 Å². The second-order valence-electron chi connectivity index (χ2n) is 5.08. The number of aliphatic hydroxyl groups excluding tert-OH is 1. The van der Waals surface area contributed by atoms with Crippen LogP contribution in [0, 0.1) is 0 Å². The van der Waals surface area contributed by atoms with Gasteiger partial charge in [0.15, 0.2) is 0 Å². The molecule has 20 heavy (non-hydrogen) atoms. The number of piperidine rings is 1. The molecule has 4 heteroatoms. The summed E-state index contributed by atoms with van der Waals surface area (Å²) in [5.41, 5.74) is 2.21. The number of nitrogens with zero attached hydrogens (tertiary/aromatic N) is 1. The first kappa shape index (κ1) is 14.6. The van der Waals surface area contributed by atoms with E-state index in [1.54, 1.807) is 4.90 Å². The number of aliphatic hydroxyl groups is 1. The van der Waals surface area contributed by atoms with Gasteiger partial charge < -0.3 is 14.7 Å². The monoisotopic (exact) mass is 275 g/mol. The second-order valence-corrected chi connectivity index (χ2v) is 5.08. The van der Waals surface area contributed by atoms with E-state index in [1.807, 2.05) is 43.3 Å². The molecule has 1 unspecified atom stereocenters. The fourth-order valence-electron chi connectivity index (χ4n) is 2.46. The number of hydrogen-bond donors (Lipinski definition) is 1. The smallest absolute Gasteiger partial charge is 0.410 e. The minimum absolute atomic E-state index is 0.0699. The van der Waals surface area contributed by atoms with Crippen molar-refractivity contribution >= 4 is 6.09 Å². The van der Waals surface area contributed by atoms with Gasteiger partial charge >= 0.3 is 6.09 Å². The summed E-state index contributed by atoms with van der Waals surface area (Å²) in [5.74, 6) is 0. The third-order valence-corrected chi connectivity index (χ3v) is 3.58. The van der Waals surface area contributed by atoms with Gasteiger partial charge in [0.25, 0.3) is 0 Å². The first-order valence-corrected chi connectivity index (χ1v) is 6.97. The predicted molar refractivity (Wildman–Crippen MR) is 77.2 cm³/mol. The van der Waals surface area contributed by atoms with Crippen LogP contribution in [0.1, 0.15) is 25.3 Å².